The van der Waals surface area contributed by atoms with Crippen molar-refractivity contribution < 1.29 is 28.8 Å². The van der Waals surface area contributed by atoms with E-state index in [1.807, 2.05) is 0 Å². The summed E-state index contributed by atoms with van der Waals surface area (Å²) in [6, 6.07) is 3.16. The normalized spacial score (nSPS) is 15.4. The van der Waals surface area contributed by atoms with Crippen LogP contribution >= 0.6 is 34.0 Å². The van der Waals surface area contributed by atoms with Crippen LogP contribution in [0, 0.1) is 0 Å². The number of carbonyl (C=O) groups excluding carboxylic acids is 6. The molecule has 0 aliphatic carbocycles. The number of primary amides is 2. The Hall–Kier alpha value is -3.20. The minimum atomic E-state index is -1.18. The summed E-state index contributed by atoms with van der Waals surface area (Å²) in [5.41, 5.74) is 22.4. The first-order valence-electron chi connectivity index (χ1n) is 12.5. The topological polar surface area (TPSA) is 213 Å². The molecule has 2 atom stereocenters. The molecule has 40 heavy (non-hydrogen) atoms. The number of halogens is 2. The van der Waals surface area contributed by atoms with Crippen LogP contribution in [0.25, 0.3) is 10.8 Å². The minimum Gasteiger partial charge on any atom is -0.368 e. The standard InChI is InChI=1S/C26H30N6O6.2BrH/c27-11-3-1-5-17(21(29)33)31-23(35)13-7-9-15-20-16(10-8-14(19(13)20)24(31)36)26(38)32(25(15)37)18(22(30)34)6-2-4-12-28;;/h7-10,17-18H,1-6,11-12,27-28H2,(H2,29,33)(H2,30,34);2*1H. The van der Waals surface area contributed by atoms with E-state index in [1.54, 1.807) is 0 Å². The van der Waals surface area contributed by atoms with E-state index >= 15 is 0 Å². The number of hydrogen-bond acceptors (Lipinski definition) is 8. The van der Waals surface area contributed by atoms with Gasteiger partial charge in [-0.05, 0) is 75.9 Å². The Balaban J connectivity index is 0.00000280. The van der Waals surface area contributed by atoms with Crippen molar-refractivity contribution in [2.75, 3.05) is 13.1 Å². The van der Waals surface area contributed by atoms with Crippen LogP contribution in [0.4, 0.5) is 0 Å². The van der Waals surface area contributed by atoms with Crippen molar-refractivity contribution in [3.05, 3.63) is 46.5 Å². The summed E-state index contributed by atoms with van der Waals surface area (Å²) in [5, 5.41) is 0.299. The molecule has 4 rings (SSSR count). The first-order valence-corrected chi connectivity index (χ1v) is 12.5. The number of imide groups is 2. The largest absolute Gasteiger partial charge is 0.368 e. The van der Waals surface area contributed by atoms with Crippen LogP contribution in [0.1, 0.15) is 80.0 Å². The smallest absolute Gasteiger partial charge is 0.262 e. The molecular formula is C26H32Br2N6O6. The van der Waals surface area contributed by atoms with E-state index in [4.69, 9.17) is 22.9 Å². The highest BCUT2D eigenvalue weighted by Gasteiger charge is 2.44. The molecule has 8 N–H and O–H groups in total. The summed E-state index contributed by atoms with van der Waals surface area (Å²) in [7, 11) is 0. The van der Waals surface area contributed by atoms with Gasteiger partial charge in [-0.25, -0.2) is 0 Å². The third kappa shape index (κ3) is 5.53. The van der Waals surface area contributed by atoms with Gasteiger partial charge in [0.1, 0.15) is 12.1 Å². The van der Waals surface area contributed by atoms with Gasteiger partial charge in [0.2, 0.25) is 11.8 Å². The number of carbonyl (C=O) groups is 6. The fourth-order valence-electron chi connectivity index (χ4n) is 5.24. The summed E-state index contributed by atoms with van der Waals surface area (Å²) in [6.07, 6.45) is 2.43. The van der Waals surface area contributed by atoms with Crippen molar-refractivity contribution in [3.8, 4) is 0 Å². The van der Waals surface area contributed by atoms with Crippen LogP contribution in [-0.2, 0) is 9.59 Å². The average molecular weight is 684 g/mol. The monoisotopic (exact) mass is 682 g/mol. The Morgan fingerprint density at radius 3 is 1.07 bits per heavy atom. The zero-order valence-electron chi connectivity index (χ0n) is 21.6. The molecule has 0 radical (unpaired) electrons. The number of nitrogens with zero attached hydrogens (tertiary/aromatic N) is 2. The molecule has 2 aromatic carbocycles. The Kier molecular flexibility index (Phi) is 11.1. The molecule has 2 unspecified atom stereocenters. The Morgan fingerprint density at radius 2 is 0.850 bits per heavy atom. The predicted molar refractivity (Wildman–Crippen MR) is 157 cm³/mol. The lowest BCUT2D eigenvalue weighted by molar-refractivity contribution is -0.122. The van der Waals surface area contributed by atoms with Crippen molar-refractivity contribution in [2.45, 2.75) is 50.6 Å². The summed E-state index contributed by atoms with van der Waals surface area (Å²) >= 11 is 0. The maximum absolute atomic E-state index is 13.5. The van der Waals surface area contributed by atoms with Gasteiger partial charge in [0, 0.05) is 33.0 Å². The van der Waals surface area contributed by atoms with Gasteiger partial charge in [0.15, 0.2) is 0 Å². The fraction of sp³-hybridized carbons (Fsp3) is 0.385. The van der Waals surface area contributed by atoms with Gasteiger partial charge in [0.05, 0.1) is 0 Å². The molecule has 6 amide bonds. The van der Waals surface area contributed by atoms with E-state index in [-0.39, 0.29) is 79.8 Å². The van der Waals surface area contributed by atoms with E-state index in [1.165, 1.54) is 24.3 Å². The van der Waals surface area contributed by atoms with E-state index in [2.05, 4.69) is 0 Å². The maximum atomic E-state index is 13.5. The highest BCUT2D eigenvalue weighted by molar-refractivity contribution is 8.93. The molecule has 216 valence electrons. The van der Waals surface area contributed by atoms with Crippen molar-refractivity contribution in [1.82, 2.24) is 9.80 Å². The SMILES string of the molecule is Br.Br.NCCCCC(C(N)=O)N1C(=O)c2ccc3c4c(ccc(c24)C1=O)C(=O)N(C(CCCCN)C(N)=O)C3=O. The maximum Gasteiger partial charge on any atom is 0.262 e. The van der Waals surface area contributed by atoms with E-state index < -0.39 is 47.5 Å². The zero-order valence-corrected chi connectivity index (χ0v) is 25.0. The summed E-state index contributed by atoms with van der Waals surface area (Å²) in [6.45, 7) is 0.757. The van der Waals surface area contributed by atoms with Gasteiger partial charge < -0.3 is 22.9 Å². The van der Waals surface area contributed by atoms with Gasteiger partial charge in [-0.15, -0.1) is 34.0 Å². The second-order valence-corrected chi connectivity index (χ2v) is 9.44. The van der Waals surface area contributed by atoms with Crippen molar-refractivity contribution in [2.24, 2.45) is 22.9 Å². The quantitative estimate of drug-likeness (QED) is 0.188. The van der Waals surface area contributed by atoms with Gasteiger partial charge in [-0.1, -0.05) is 0 Å². The second kappa shape index (κ2) is 13.4. The number of hydrogen-bond donors (Lipinski definition) is 4. The average Bonchev–Trinajstić information content (AvgIpc) is 2.88. The molecule has 0 spiro atoms. The molecule has 0 aromatic heterocycles. The summed E-state index contributed by atoms with van der Waals surface area (Å²) in [5.74, 6) is -4.65. The van der Waals surface area contributed by atoms with Crippen molar-refractivity contribution >= 4 is 80.2 Å². The highest BCUT2D eigenvalue weighted by atomic mass is 79.9. The molecule has 2 heterocycles. The number of unbranched alkanes of at least 4 members (excludes halogenated alkanes) is 2. The fourth-order valence-corrected chi connectivity index (χ4v) is 5.24. The van der Waals surface area contributed by atoms with Crippen molar-refractivity contribution in [1.29, 1.82) is 0 Å². The molecule has 12 nitrogen and oxygen atoms in total. The lowest BCUT2D eigenvalue weighted by atomic mass is 9.84. The van der Waals surface area contributed by atoms with Crippen LogP contribution in [-0.4, -0.2) is 70.4 Å². The van der Waals surface area contributed by atoms with Crippen LogP contribution in [0.3, 0.4) is 0 Å². The lowest BCUT2D eigenvalue weighted by Gasteiger charge is -2.35. The lowest BCUT2D eigenvalue weighted by Crippen LogP contribution is -2.54. The first-order chi connectivity index (χ1) is 18.1. The van der Waals surface area contributed by atoms with Gasteiger partial charge in [-0.3, -0.25) is 38.6 Å². The first kappa shape index (κ1) is 33.0. The second-order valence-electron chi connectivity index (χ2n) is 9.44. The Bertz CT molecular complexity index is 1210. The van der Waals surface area contributed by atoms with Crippen LogP contribution in [0.15, 0.2) is 24.3 Å². The molecule has 0 saturated carbocycles. The van der Waals surface area contributed by atoms with E-state index in [0.29, 0.717) is 38.8 Å². The Morgan fingerprint density at radius 1 is 0.575 bits per heavy atom. The van der Waals surface area contributed by atoms with Crippen LogP contribution in [0.5, 0.6) is 0 Å². The third-order valence-corrected chi connectivity index (χ3v) is 7.10. The molecular weight excluding hydrogens is 652 g/mol. The molecule has 0 bridgehead atoms. The molecule has 2 aliphatic rings. The predicted octanol–water partition coefficient (Wildman–Crippen LogP) is 1.15. The van der Waals surface area contributed by atoms with E-state index in [0.717, 1.165) is 9.80 Å². The molecule has 0 saturated heterocycles. The number of nitrogens with two attached hydrogens (primary N) is 4. The number of amides is 6. The zero-order chi connectivity index (χ0) is 27.7. The molecule has 14 heteroatoms. The molecule has 2 aromatic rings. The van der Waals surface area contributed by atoms with Gasteiger partial charge >= 0.3 is 0 Å². The Labute approximate surface area is 251 Å². The van der Waals surface area contributed by atoms with E-state index in [9.17, 15) is 28.8 Å². The third-order valence-electron chi connectivity index (χ3n) is 7.10. The molecule has 2 aliphatic heterocycles. The minimum absolute atomic E-state index is 0. The summed E-state index contributed by atoms with van der Waals surface area (Å²) in [4.78, 5) is 80.2. The number of benzene rings is 2. The van der Waals surface area contributed by atoms with Crippen LogP contribution < -0.4 is 22.9 Å². The summed E-state index contributed by atoms with van der Waals surface area (Å²) < 4.78 is 0. The van der Waals surface area contributed by atoms with Crippen molar-refractivity contribution in [3.63, 3.8) is 0 Å². The van der Waals surface area contributed by atoms with Crippen LogP contribution in [0.2, 0.25) is 0 Å². The molecule has 0 fully saturated rings. The van der Waals surface area contributed by atoms with Gasteiger partial charge in [0.25, 0.3) is 23.6 Å². The highest BCUT2D eigenvalue weighted by Crippen LogP contribution is 2.39. The number of rotatable bonds is 12. The van der Waals surface area contributed by atoms with Gasteiger partial charge in [-0.2, -0.15) is 0 Å².